The average molecular weight is 878 g/mol. The van der Waals surface area contributed by atoms with Gasteiger partial charge in [0.2, 0.25) is 0 Å². The normalized spacial score (nSPS) is 14.7. The molecule has 0 radical (unpaired) electrons. The van der Waals surface area contributed by atoms with Gasteiger partial charge in [0.25, 0.3) is 0 Å². The first-order valence-electron chi connectivity index (χ1n) is 23.3. The summed E-state index contributed by atoms with van der Waals surface area (Å²) in [5, 5.41) is 0. The fourth-order valence-corrected chi connectivity index (χ4v) is 6.18. The van der Waals surface area contributed by atoms with E-state index in [0.717, 1.165) is 116 Å². The zero-order chi connectivity index (χ0) is 45.1. The van der Waals surface area contributed by atoms with Crippen molar-refractivity contribution in [3.8, 4) is 0 Å². The lowest BCUT2D eigenvalue weighted by atomic mass is 10.2. The second-order valence-electron chi connectivity index (χ2n) is 14.5. The van der Waals surface area contributed by atoms with Crippen molar-refractivity contribution in [1.29, 1.82) is 0 Å². The fourth-order valence-electron chi connectivity index (χ4n) is 5.41. The topological polar surface area (TPSA) is 117 Å². The Bertz CT molecular complexity index is 1450. The number of phosphoric ester groups is 1. The lowest BCUT2D eigenvalue weighted by molar-refractivity contribution is -0.154. The maximum absolute atomic E-state index is 12.6. The third kappa shape index (κ3) is 47.4. The molecule has 0 saturated heterocycles. The monoisotopic (exact) mass is 878 g/mol. The molecule has 0 spiro atoms. The Kier molecular flexibility index (Phi) is 45.6. The van der Waals surface area contributed by atoms with E-state index in [-0.39, 0.29) is 32.8 Å². The third-order valence-corrected chi connectivity index (χ3v) is 9.74. The number of allylic oxidation sites excluding steroid dienone is 24. The number of ether oxygens (including phenoxy) is 2. The molecule has 0 rings (SSSR count). The van der Waals surface area contributed by atoms with Crippen molar-refractivity contribution in [3.63, 3.8) is 0 Å². The lowest BCUT2D eigenvalue weighted by Crippen LogP contribution is -2.28. The van der Waals surface area contributed by atoms with E-state index in [0.29, 0.717) is 13.0 Å². The Morgan fingerprint density at radius 2 is 0.855 bits per heavy atom. The van der Waals surface area contributed by atoms with Crippen molar-refractivity contribution in [2.45, 2.75) is 148 Å². The summed E-state index contributed by atoms with van der Waals surface area (Å²) in [6.07, 6.45) is 70.2. The van der Waals surface area contributed by atoms with Gasteiger partial charge in [-0.1, -0.05) is 166 Å². The van der Waals surface area contributed by atoms with Gasteiger partial charge >= 0.3 is 13.8 Å². The summed E-state index contributed by atoms with van der Waals surface area (Å²) < 4.78 is 33.4. The molecule has 0 aromatic carbocycles. The molecular formula is C53H84NO7P. The number of hydrogen-bond acceptors (Lipinski definition) is 7. The van der Waals surface area contributed by atoms with Gasteiger partial charge in [-0.05, 0) is 116 Å². The molecule has 62 heavy (non-hydrogen) atoms. The Labute approximate surface area is 378 Å². The third-order valence-electron chi connectivity index (χ3n) is 8.75. The fraction of sp³-hybridized carbons (Fsp3) is 0.528. The van der Waals surface area contributed by atoms with Crippen molar-refractivity contribution in [3.05, 3.63) is 146 Å². The van der Waals surface area contributed by atoms with Crippen LogP contribution in [-0.2, 0) is 27.9 Å². The maximum atomic E-state index is 12.6. The number of rotatable bonds is 42. The smallest absolute Gasteiger partial charge is 0.457 e. The first kappa shape index (κ1) is 58.4. The number of nitrogens with two attached hydrogens (primary N) is 1. The maximum Gasteiger partial charge on any atom is 0.472 e. The van der Waals surface area contributed by atoms with Gasteiger partial charge in [0.1, 0.15) is 6.10 Å². The van der Waals surface area contributed by atoms with Gasteiger partial charge in [-0.2, -0.15) is 0 Å². The number of unbranched alkanes of at least 4 members (excludes halogenated alkanes) is 5. The number of esters is 1. The van der Waals surface area contributed by atoms with Crippen molar-refractivity contribution in [2.75, 3.05) is 33.0 Å². The summed E-state index contributed by atoms with van der Waals surface area (Å²) in [5.74, 6) is -0.392. The average Bonchev–Trinajstić information content (AvgIpc) is 3.26. The molecule has 9 heteroatoms. The molecule has 0 amide bonds. The first-order chi connectivity index (χ1) is 30.4. The van der Waals surface area contributed by atoms with Crippen LogP contribution in [0.1, 0.15) is 142 Å². The second-order valence-corrected chi connectivity index (χ2v) is 16.0. The molecule has 2 unspecified atom stereocenters. The predicted octanol–water partition coefficient (Wildman–Crippen LogP) is 14.5. The number of carbonyl (C=O) groups excluding carboxylic acids is 1. The molecule has 0 saturated carbocycles. The largest absolute Gasteiger partial charge is 0.472 e. The van der Waals surface area contributed by atoms with Gasteiger partial charge in [-0.3, -0.25) is 13.8 Å². The van der Waals surface area contributed by atoms with Gasteiger partial charge < -0.3 is 20.1 Å². The standard InChI is InChI=1S/C53H84NO7P/c1-3-5-7-9-11-13-15-17-19-21-23-25-27-29-31-33-35-37-39-41-43-45-48-58-50-52(51-60-62(56,57)59-49-47-54)61-53(55)46-44-42-40-38-36-34-32-30-28-26-24-22-20-18-16-14-12-10-8-6-4-2/h5-8,11-14,17-20,23-26,29-32,35-38,52H,3-4,9-10,15-16,21-22,27-28,33-34,39-51,54H2,1-2H3,(H,56,57)/b7-5-,8-6-,13-11-,14-12-,19-17-,20-18-,25-23-,26-24-,31-29-,32-30-,37-35-,38-36-. The van der Waals surface area contributed by atoms with E-state index in [9.17, 15) is 14.3 Å². The molecule has 0 aliphatic heterocycles. The SMILES string of the molecule is CC/C=C\C/C=C\C/C=C\C/C=C\C/C=C\C/C=C\CCCCCOCC(COP(=O)(O)OCCN)OC(=O)CCCC/C=C\C/C=C\C/C=C\C/C=C\C/C=C\C/C=C\CC. The number of phosphoric acid groups is 1. The van der Waals surface area contributed by atoms with Crippen LogP contribution in [0.15, 0.2) is 146 Å². The van der Waals surface area contributed by atoms with E-state index in [1.165, 1.54) is 0 Å². The molecule has 3 N–H and O–H groups in total. The van der Waals surface area contributed by atoms with Crippen LogP contribution in [0.3, 0.4) is 0 Å². The molecule has 2 atom stereocenters. The van der Waals surface area contributed by atoms with Crippen LogP contribution < -0.4 is 5.73 Å². The van der Waals surface area contributed by atoms with E-state index in [2.05, 4.69) is 160 Å². The molecule has 0 heterocycles. The zero-order valence-corrected chi connectivity index (χ0v) is 39.4. The summed E-state index contributed by atoms with van der Waals surface area (Å²) in [5.41, 5.74) is 5.37. The van der Waals surface area contributed by atoms with Gasteiger partial charge in [0, 0.05) is 19.6 Å². The van der Waals surface area contributed by atoms with Crippen molar-refractivity contribution < 1.29 is 32.8 Å². The van der Waals surface area contributed by atoms with E-state index in [4.69, 9.17) is 24.3 Å². The molecule has 0 fully saturated rings. The highest BCUT2D eigenvalue weighted by molar-refractivity contribution is 7.47. The molecule has 0 aromatic rings. The minimum Gasteiger partial charge on any atom is -0.457 e. The summed E-state index contributed by atoms with van der Waals surface area (Å²) >= 11 is 0. The predicted molar refractivity (Wildman–Crippen MR) is 265 cm³/mol. The van der Waals surface area contributed by atoms with Crippen molar-refractivity contribution in [2.24, 2.45) is 5.73 Å². The highest BCUT2D eigenvalue weighted by Gasteiger charge is 2.25. The van der Waals surface area contributed by atoms with Crippen LogP contribution in [-0.4, -0.2) is 49.9 Å². The minimum atomic E-state index is -4.32. The number of hydrogen-bond donors (Lipinski definition) is 2. The molecule has 0 aliphatic carbocycles. The molecule has 8 nitrogen and oxygen atoms in total. The first-order valence-corrected chi connectivity index (χ1v) is 24.8. The Morgan fingerprint density at radius 1 is 0.484 bits per heavy atom. The molecule has 0 aliphatic rings. The highest BCUT2D eigenvalue weighted by Crippen LogP contribution is 2.43. The van der Waals surface area contributed by atoms with Crippen LogP contribution in [0, 0.1) is 0 Å². The minimum absolute atomic E-state index is 0.0638. The summed E-state index contributed by atoms with van der Waals surface area (Å²) in [6, 6.07) is 0. The quantitative estimate of drug-likeness (QED) is 0.0269. The molecule has 0 bridgehead atoms. The van der Waals surface area contributed by atoms with E-state index in [1.807, 2.05) is 0 Å². The molecule has 0 aromatic heterocycles. The van der Waals surface area contributed by atoms with Crippen LogP contribution in [0.4, 0.5) is 0 Å². The van der Waals surface area contributed by atoms with Gasteiger partial charge in [-0.15, -0.1) is 0 Å². The van der Waals surface area contributed by atoms with Crippen LogP contribution in [0.5, 0.6) is 0 Å². The summed E-state index contributed by atoms with van der Waals surface area (Å²) in [7, 11) is -4.32. The van der Waals surface area contributed by atoms with Gasteiger partial charge in [0.15, 0.2) is 0 Å². The number of carbonyl (C=O) groups is 1. The van der Waals surface area contributed by atoms with Crippen LogP contribution in [0.2, 0.25) is 0 Å². The van der Waals surface area contributed by atoms with E-state index in [1.54, 1.807) is 0 Å². The van der Waals surface area contributed by atoms with Gasteiger partial charge in [0.05, 0.1) is 19.8 Å². The van der Waals surface area contributed by atoms with Crippen LogP contribution >= 0.6 is 7.82 Å². The Morgan fingerprint density at radius 3 is 1.24 bits per heavy atom. The molecular weight excluding hydrogens is 794 g/mol. The van der Waals surface area contributed by atoms with E-state index < -0.39 is 19.9 Å². The van der Waals surface area contributed by atoms with Crippen LogP contribution in [0.25, 0.3) is 0 Å². The zero-order valence-electron chi connectivity index (χ0n) is 38.5. The molecule has 348 valence electrons. The Balaban J connectivity index is 4.22. The summed E-state index contributed by atoms with van der Waals surface area (Å²) in [6.45, 7) is 4.49. The second kappa shape index (κ2) is 48.4. The lowest BCUT2D eigenvalue weighted by Gasteiger charge is -2.20. The van der Waals surface area contributed by atoms with Crippen molar-refractivity contribution >= 4 is 13.8 Å². The summed E-state index contributed by atoms with van der Waals surface area (Å²) in [4.78, 5) is 22.5. The highest BCUT2D eigenvalue weighted by atomic mass is 31.2. The van der Waals surface area contributed by atoms with E-state index >= 15 is 0 Å². The Hall–Kier alpha value is -3.62. The van der Waals surface area contributed by atoms with Gasteiger partial charge in [-0.25, -0.2) is 4.57 Å². The van der Waals surface area contributed by atoms with Crippen molar-refractivity contribution in [1.82, 2.24) is 0 Å².